The number of anilines is 2. The van der Waals surface area contributed by atoms with Crippen LogP contribution in [0.4, 0.5) is 24.8 Å². The van der Waals surface area contributed by atoms with Crippen molar-refractivity contribution < 1.29 is 18.0 Å². The van der Waals surface area contributed by atoms with E-state index in [2.05, 4.69) is 34.2 Å². The highest BCUT2D eigenvalue weighted by molar-refractivity contribution is 5.99. The largest absolute Gasteiger partial charge is 0.416 e. The molecule has 3 aromatic carbocycles. The van der Waals surface area contributed by atoms with Gasteiger partial charge in [-0.2, -0.15) is 18.3 Å². The standard InChI is InChI=1S/C30H26F3N5O/c1-18(2)25-9-7-21(28(39)12-19-5-4-6-23(11-19)30(31,32)33)14-26(25)20-8-10-27-22(13-20)15-34-29(37-27)36-24-16-35-38(3)17-24/h4-11,13-18H,12H2,1-3H3,(H,34,36,37). The van der Waals surface area contributed by atoms with Crippen molar-refractivity contribution in [3.8, 4) is 11.1 Å². The number of ketones is 1. The molecule has 0 aliphatic heterocycles. The second-order valence-electron chi connectivity index (χ2n) is 9.75. The lowest BCUT2D eigenvalue weighted by molar-refractivity contribution is -0.137. The van der Waals surface area contributed by atoms with Crippen molar-refractivity contribution in [2.45, 2.75) is 32.4 Å². The first-order valence-corrected chi connectivity index (χ1v) is 12.4. The van der Waals surface area contributed by atoms with Gasteiger partial charge in [-0.15, -0.1) is 0 Å². The Morgan fingerprint density at radius 3 is 2.56 bits per heavy atom. The highest BCUT2D eigenvalue weighted by atomic mass is 19.4. The average Bonchev–Trinajstić information content (AvgIpc) is 3.31. The minimum Gasteiger partial charge on any atom is -0.321 e. The number of halogens is 3. The summed E-state index contributed by atoms with van der Waals surface area (Å²) in [5, 5.41) is 8.09. The van der Waals surface area contributed by atoms with Crippen LogP contribution in [0.3, 0.4) is 0 Å². The maximum atomic E-state index is 13.1. The number of Topliss-reactive ketones (excluding diaryl/α,β-unsaturated/α-hetero) is 1. The summed E-state index contributed by atoms with van der Waals surface area (Å²) in [6, 6.07) is 16.2. The molecule has 0 fully saturated rings. The Bertz CT molecular complexity index is 1670. The zero-order valence-electron chi connectivity index (χ0n) is 21.6. The van der Waals surface area contributed by atoms with Crippen molar-refractivity contribution in [3.05, 3.63) is 102 Å². The number of carbonyl (C=O) groups excluding carboxylic acids is 1. The van der Waals surface area contributed by atoms with Crippen LogP contribution in [0.2, 0.25) is 0 Å². The molecule has 0 radical (unpaired) electrons. The summed E-state index contributed by atoms with van der Waals surface area (Å²) < 4.78 is 41.0. The fourth-order valence-corrected chi connectivity index (χ4v) is 4.50. The SMILES string of the molecule is CC(C)c1ccc(C(=O)Cc2cccc(C(F)(F)F)c2)cc1-c1ccc2nc(Nc3cnn(C)c3)ncc2c1. The number of nitrogens with one attached hydrogen (secondary N) is 1. The van der Waals surface area contributed by atoms with E-state index in [9.17, 15) is 18.0 Å². The minimum absolute atomic E-state index is 0.122. The lowest BCUT2D eigenvalue weighted by Gasteiger charge is -2.16. The summed E-state index contributed by atoms with van der Waals surface area (Å²) >= 11 is 0. The Kier molecular flexibility index (Phi) is 6.91. The molecule has 0 bridgehead atoms. The highest BCUT2D eigenvalue weighted by Gasteiger charge is 2.30. The molecule has 0 amide bonds. The Labute approximate surface area is 223 Å². The third-order valence-corrected chi connectivity index (χ3v) is 6.47. The quantitative estimate of drug-likeness (QED) is 0.223. The lowest BCUT2D eigenvalue weighted by atomic mass is 9.89. The number of alkyl halides is 3. The van der Waals surface area contributed by atoms with Crippen LogP contribution in [0, 0.1) is 0 Å². The summed E-state index contributed by atoms with van der Waals surface area (Å²) in [7, 11) is 1.83. The molecule has 0 aliphatic carbocycles. The molecule has 0 saturated heterocycles. The van der Waals surface area contributed by atoms with Gasteiger partial charge in [0.1, 0.15) is 0 Å². The summed E-state index contributed by atoms with van der Waals surface area (Å²) in [6.45, 7) is 4.15. The zero-order valence-corrected chi connectivity index (χ0v) is 21.6. The van der Waals surface area contributed by atoms with Crippen LogP contribution in [0.15, 0.2) is 79.3 Å². The van der Waals surface area contributed by atoms with E-state index in [0.29, 0.717) is 17.1 Å². The highest BCUT2D eigenvalue weighted by Crippen LogP contribution is 2.33. The molecule has 0 aliphatic rings. The monoisotopic (exact) mass is 529 g/mol. The summed E-state index contributed by atoms with van der Waals surface area (Å²) in [4.78, 5) is 22.1. The van der Waals surface area contributed by atoms with E-state index in [1.165, 1.54) is 12.1 Å². The van der Waals surface area contributed by atoms with Crippen LogP contribution in [0.25, 0.3) is 22.0 Å². The van der Waals surface area contributed by atoms with Crippen LogP contribution in [0.5, 0.6) is 0 Å². The molecule has 6 nitrogen and oxygen atoms in total. The van der Waals surface area contributed by atoms with Crippen molar-refractivity contribution >= 4 is 28.3 Å². The Hall–Kier alpha value is -4.53. The van der Waals surface area contributed by atoms with Crippen molar-refractivity contribution in [1.82, 2.24) is 19.7 Å². The Morgan fingerprint density at radius 2 is 1.85 bits per heavy atom. The van der Waals surface area contributed by atoms with Gasteiger partial charge in [0.25, 0.3) is 0 Å². The maximum Gasteiger partial charge on any atom is 0.416 e. The molecule has 0 unspecified atom stereocenters. The van der Waals surface area contributed by atoms with Crippen LogP contribution in [0.1, 0.15) is 46.8 Å². The predicted molar refractivity (Wildman–Crippen MR) is 145 cm³/mol. The molecule has 0 atom stereocenters. The van der Waals surface area contributed by atoms with Gasteiger partial charge in [-0.25, -0.2) is 9.97 Å². The third kappa shape index (κ3) is 5.82. The van der Waals surface area contributed by atoms with E-state index in [4.69, 9.17) is 0 Å². The molecule has 0 spiro atoms. The van der Waals surface area contributed by atoms with Gasteiger partial charge < -0.3 is 5.32 Å². The number of carbonyl (C=O) groups is 1. The van der Waals surface area contributed by atoms with Crippen LogP contribution in [-0.2, 0) is 19.6 Å². The van der Waals surface area contributed by atoms with Gasteiger partial charge in [-0.3, -0.25) is 9.48 Å². The molecule has 2 aromatic heterocycles. The minimum atomic E-state index is -4.46. The molecule has 39 heavy (non-hydrogen) atoms. The van der Waals surface area contributed by atoms with Crippen LogP contribution in [-0.4, -0.2) is 25.5 Å². The Morgan fingerprint density at radius 1 is 1.03 bits per heavy atom. The van der Waals surface area contributed by atoms with Gasteiger partial charge in [-0.05, 0) is 52.4 Å². The smallest absolute Gasteiger partial charge is 0.321 e. The van der Waals surface area contributed by atoms with E-state index >= 15 is 0 Å². The first-order chi connectivity index (χ1) is 18.6. The van der Waals surface area contributed by atoms with Gasteiger partial charge in [0, 0.05) is 36.8 Å². The third-order valence-electron chi connectivity index (χ3n) is 6.47. The molecule has 9 heteroatoms. The number of benzene rings is 3. The average molecular weight is 530 g/mol. The first-order valence-electron chi connectivity index (χ1n) is 12.4. The number of aromatic nitrogens is 4. The van der Waals surface area contributed by atoms with E-state index in [1.54, 1.807) is 23.1 Å². The van der Waals surface area contributed by atoms with Crippen LogP contribution < -0.4 is 5.32 Å². The molecule has 198 valence electrons. The van der Waals surface area contributed by atoms with E-state index < -0.39 is 11.7 Å². The number of hydrogen-bond donors (Lipinski definition) is 1. The number of nitrogens with zero attached hydrogens (tertiary/aromatic N) is 4. The fraction of sp³-hybridized carbons (Fsp3) is 0.200. The molecule has 2 heterocycles. The fourth-order valence-electron chi connectivity index (χ4n) is 4.50. The zero-order chi connectivity index (χ0) is 27.7. The van der Waals surface area contributed by atoms with Gasteiger partial charge >= 0.3 is 6.18 Å². The topological polar surface area (TPSA) is 72.7 Å². The van der Waals surface area contributed by atoms with Crippen LogP contribution >= 0.6 is 0 Å². The van der Waals surface area contributed by atoms with E-state index in [1.807, 2.05) is 43.6 Å². The second kappa shape index (κ2) is 10.3. The number of aryl methyl sites for hydroxylation is 1. The summed E-state index contributed by atoms with van der Waals surface area (Å²) in [6.07, 6.45) is 0.669. The maximum absolute atomic E-state index is 13.1. The van der Waals surface area contributed by atoms with Gasteiger partial charge in [0.2, 0.25) is 5.95 Å². The number of rotatable bonds is 7. The van der Waals surface area contributed by atoms with Gasteiger partial charge in [0.05, 0.1) is 23.0 Å². The van der Waals surface area contributed by atoms with Crippen molar-refractivity contribution in [2.75, 3.05) is 5.32 Å². The molecular weight excluding hydrogens is 503 g/mol. The molecule has 1 N–H and O–H groups in total. The van der Waals surface area contributed by atoms with E-state index in [0.717, 1.165) is 45.4 Å². The number of fused-ring (bicyclic) bond motifs is 1. The van der Waals surface area contributed by atoms with Crippen molar-refractivity contribution in [1.29, 1.82) is 0 Å². The van der Waals surface area contributed by atoms with Crippen molar-refractivity contribution in [2.24, 2.45) is 7.05 Å². The first kappa shape index (κ1) is 26.1. The van der Waals surface area contributed by atoms with Gasteiger partial charge in [-0.1, -0.05) is 50.2 Å². The Balaban J connectivity index is 1.45. The number of hydrogen-bond acceptors (Lipinski definition) is 5. The van der Waals surface area contributed by atoms with E-state index in [-0.39, 0.29) is 18.1 Å². The molecular formula is C30H26F3N5O. The molecule has 5 aromatic rings. The summed E-state index contributed by atoms with van der Waals surface area (Å²) in [5.41, 5.74) is 4.38. The van der Waals surface area contributed by atoms with Gasteiger partial charge in [0.15, 0.2) is 5.78 Å². The second-order valence-corrected chi connectivity index (χ2v) is 9.75. The predicted octanol–water partition coefficient (Wildman–Crippen LogP) is 7.34. The molecule has 5 rings (SSSR count). The van der Waals surface area contributed by atoms with Crippen molar-refractivity contribution in [3.63, 3.8) is 0 Å². The summed E-state index contributed by atoms with van der Waals surface area (Å²) in [5.74, 6) is 0.389. The lowest BCUT2D eigenvalue weighted by Crippen LogP contribution is -2.08. The molecule has 0 saturated carbocycles. The normalized spacial score (nSPS) is 11.8.